The Morgan fingerprint density at radius 3 is 2.72 bits per heavy atom. The molecule has 10 heteroatoms. The minimum absolute atomic E-state index is 0.147. The van der Waals surface area contributed by atoms with Gasteiger partial charge in [0, 0.05) is 24.0 Å². The molecule has 4 aromatic rings. The summed E-state index contributed by atoms with van der Waals surface area (Å²) in [6.07, 6.45) is 2.79. The van der Waals surface area contributed by atoms with Crippen LogP contribution in [0.3, 0.4) is 0 Å². The lowest BCUT2D eigenvalue weighted by Gasteiger charge is -2.09. The second-order valence-corrected chi connectivity index (χ2v) is 7.68. The summed E-state index contributed by atoms with van der Waals surface area (Å²) in [6.45, 7) is 1.74. The molecule has 0 saturated heterocycles. The quantitative estimate of drug-likeness (QED) is 0.479. The molecule has 0 aliphatic heterocycles. The number of anilines is 1. The molecule has 4 aromatic heterocycles. The van der Waals surface area contributed by atoms with Crippen LogP contribution in [0.2, 0.25) is 5.15 Å². The summed E-state index contributed by atoms with van der Waals surface area (Å²) >= 11 is 6.18. The van der Waals surface area contributed by atoms with Crippen LogP contribution in [0.5, 0.6) is 0 Å². The molecule has 0 amide bonds. The van der Waals surface area contributed by atoms with Crippen LogP contribution in [0.1, 0.15) is 41.1 Å². The predicted molar refractivity (Wildman–Crippen MR) is 102 cm³/mol. The number of nitrogens with one attached hydrogen (secondary N) is 1. The molecule has 1 N–H and O–H groups in total. The second kappa shape index (κ2) is 6.35. The maximum Gasteiger partial charge on any atom is 0.416 e. The Morgan fingerprint density at radius 2 is 2.00 bits per heavy atom. The third-order valence-electron chi connectivity index (χ3n) is 5.08. The molecule has 1 saturated carbocycles. The Morgan fingerprint density at radius 1 is 1.21 bits per heavy atom. The van der Waals surface area contributed by atoms with Crippen LogP contribution >= 0.6 is 11.6 Å². The van der Waals surface area contributed by atoms with Crippen molar-refractivity contribution in [3.63, 3.8) is 0 Å². The van der Waals surface area contributed by atoms with Gasteiger partial charge in [-0.2, -0.15) is 22.8 Å². The fraction of sp³-hybridized carbons (Fsp3) is 0.316. The van der Waals surface area contributed by atoms with Crippen LogP contribution in [-0.4, -0.2) is 24.0 Å². The van der Waals surface area contributed by atoms with Gasteiger partial charge in [0.25, 0.3) is 0 Å². The van der Waals surface area contributed by atoms with Gasteiger partial charge < -0.3 is 9.72 Å². The molecular formula is C19H16ClF3N6. The van der Waals surface area contributed by atoms with E-state index in [1.807, 2.05) is 6.20 Å². The highest BCUT2D eigenvalue weighted by Crippen LogP contribution is 2.42. The molecule has 0 aromatic carbocycles. The summed E-state index contributed by atoms with van der Waals surface area (Å²) in [5.74, 6) is 1.13. The van der Waals surface area contributed by atoms with E-state index in [0.29, 0.717) is 29.1 Å². The molecule has 0 spiro atoms. The monoisotopic (exact) mass is 420 g/mol. The molecule has 29 heavy (non-hydrogen) atoms. The largest absolute Gasteiger partial charge is 0.416 e. The summed E-state index contributed by atoms with van der Waals surface area (Å²) in [5, 5.41) is 7.97. The molecule has 0 radical (unpaired) electrons. The number of hydrogen-bond donors (Lipinski definition) is 1. The molecule has 1 fully saturated rings. The van der Waals surface area contributed by atoms with Gasteiger partial charge in [0.15, 0.2) is 5.65 Å². The van der Waals surface area contributed by atoms with E-state index in [0.717, 1.165) is 30.1 Å². The number of aryl methyl sites for hydroxylation is 1. The van der Waals surface area contributed by atoms with Crippen molar-refractivity contribution in [3.8, 4) is 0 Å². The molecule has 0 atom stereocenters. The number of alkyl halides is 3. The zero-order chi connectivity index (χ0) is 20.3. The van der Waals surface area contributed by atoms with Crippen LogP contribution < -0.4 is 5.32 Å². The standard InChI is InChI=1S/C19H16ClF3N6/c1-10-8-28-9-12(26-17(28)4-14(10)19(21,22)23)6-24-16-5-15(20)27-18-13(11-2-3-11)7-25-29(16)18/h4-5,7-9,11,24H,2-3,6H2,1H3. The molecule has 6 nitrogen and oxygen atoms in total. The average Bonchev–Trinajstić information content (AvgIpc) is 3.27. The zero-order valence-corrected chi connectivity index (χ0v) is 16.1. The van der Waals surface area contributed by atoms with Crippen molar-refractivity contribution in [2.24, 2.45) is 0 Å². The molecule has 1 aliphatic carbocycles. The number of aromatic nitrogens is 5. The third-order valence-corrected chi connectivity index (χ3v) is 5.28. The van der Waals surface area contributed by atoms with Crippen LogP contribution in [0, 0.1) is 6.92 Å². The van der Waals surface area contributed by atoms with Gasteiger partial charge in [0.1, 0.15) is 16.6 Å². The maximum atomic E-state index is 13.1. The highest BCUT2D eigenvalue weighted by molar-refractivity contribution is 6.29. The second-order valence-electron chi connectivity index (χ2n) is 7.29. The zero-order valence-electron chi connectivity index (χ0n) is 15.3. The van der Waals surface area contributed by atoms with E-state index in [1.165, 1.54) is 13.1 Å². The molecule has 0 bridgehead atoms. The van der Waals surface area contributed by atoms with E-state index in [1.54, 1.807) is 21.2 Å². The van der Waals surface area contributed by atoms with Crippen molar-refractivity contribution in [2.45, 2.75) is 38.4 Å². The Kier molecular flexibility index (Phi) is 3.99. The lowest BCUT2D eigenvalue weighted by atomic mass is 10.1. The van der Waals surface area contributed by atoms with Gasteiger partial charge >= 0.3 is 6.18 Å². The van der Waals surface area contributed by atoms with Gasteiger partial charge in [-0.1, -0.05) is 11.6 Å². The number of hydrogen-bond acceptors (Lipinski definition) is 4. The van der Waals surface area contributed by atoms with Crippen molar-refractivity contribution >= 4 is 28.7 Å². The van der Waals surface area contributed by atoms with E-state index in [4.69, 9.17) is 11.6 Å². The Hall–Kier alpha value is -2.81. The van der Waals surface area contributed by atoms with Crippen LogP contribution in [-0.2, 0) is 12.7 Å². The summed E-state index contributed by atoms with van der Waals surface area (Å²) < 4.78 is 42.7. The van der Waals surface area contributed by atoms with E-state index in [2.05, 4.69) is 20.4 Å². The number of nitrogens with zero attached hydrogens (tertiary/aromatic N) is 5. The minimum atomic E-state index is -4.41. The van der Waals surface area contributed by atoms with Crippen LogP contribution in [0.25, 0.3) is 11.3 Å². The first-order valence-electron chi connectivity index (χ1n) is 9.13. The Labute approximate surface area is 168 Å². The minimum Gasteiger partial charge on any atom is -0.364 e. The van der Waals surface area contributed by atoms with E-state index >= 15 is 0 Å². The van der Waals surface area contributed by atoms with E-state index in [-0.39, 0.29) is 11.2 Å². The molecule has 150 valence electrons. The Balaban J connectivity index is 1.45. The molecule has 1 aliphatic rings. The first-order valence-corrected chi connectivity index (χ1v) is 9.51. The van der Waals surface area contributed by atoms with Crippen LogP contribution in [0.15, 0.2) is 30.7 Å². The SMILES string of the molecule is Cc1cn2cc(CNc3cc(Cl)nc4c(C5CC5)cnn34)nc2cc1C(F)(F)F. The fourth-order valence-corrected chi connectivity index (χ4v) is 3.71. The van der Waals surface area contributed by atoms with Gasteiger partial charge in [0.05, 0.1) is 24.0 Å². The normalized spacial score (nSPS) is 14.8. The summed E-state index contributed by atoms with van der Waals surface area (Å²) in [5.41, 5.74) is 2.11. The van der Waals surface area contributed by atoms with Gasteiger partial charge in [0.2, 0.25) is 0 Å². The highest BCUT2D eigenvalue weighted by Gasteiger charge is 2.33. The number of rotatable bonds is 4. The third kappa shape index (κ3) is 3.29. The molecule has 4 heterocycles. The van der Waals surface area contributed by atoms with Crippen molar-refractivity contribution in [3.05, 3.63) is 58.3 Å². The smallest absolute Gasteiger partial charge is 0.364 e. The van der Waals surface area contributed by atoms with Gasteiger partial charge in [-0.3, -0.25) is 0 Å². The van der Waals surface area contributed by atoms with Crippen molar-refractivity contribution in [2.75, 3.05) is 5.32 Å². The molecule has 5 rings (SSSR count). The fourth-order valence-electron chi connectivity index (χ4n) is 3.52. The number of imidazole rings is 1. The summed E-state index contributed by atoms with van der Waals surface area (Å²) in [4.78, 5) is 8.70. The maximum absolute atomic E-state index is 13.1. The first-order chi connectivity index (χ1) is 13.8. The van der Waals surface area contributed by atoms with Crippen LogP contribution in [0.4, 0.5) is 19.0 Å². The molecule has 0 unspecified atom stereocenters. The highest BCUT2D eigenvalue weighted by atomic mass is 35.5. The Bertz CT molecular complexity index is 1240. The van der Waals surface area contributed by atoms with Crippen molar-refractivity contribution in [1.29, 1.82) is 0 Å². The number of fused-ring (bicyclic) bond motifs is 2. The van der Waals surface area contributed by atoms with Crippen molar-refractivity contribution in [1.82, 2.24) is 24.0 Å². The first kappa shape index (κ1) is 18.2. The lowest BCUT2D eigenvalue weighted by Crippen LogP contribution is -2.08. The van der Waals surface area contributed by atoms with Crippen molar-refractivity contribution < 1.29 is 13.2 Å². The summed E-state index contributed by atoms with van der Waals surface area (Å²) in [7, 11) is 0. The van der Waals surface area contributed by atoms with E-state index in [9.17, 15) is 13.2 Å². The summed E-state index contributed by atoms with van der Waals surface area (Å²) in [6, 6.07) is 2.73. The van der Waals surface area contributed by atoms with Gasteiger partial charge in [-0.15, -0.1) is 0 Å². The number of halogens is 4. The molecular weight excluding hydrogens is 405 g/mol. The number of pyridine rings is 1. The predicted octanol–water partition coefficient (Wildman–Crippen LogP) is 4.85. The topological polar surface area (TPSA) is 59.5 Å². The van der Waals surface area contributed by atoms with Gasteiger partial charge in [-0.05, 0) is 37.3 Å². The average molecular weight is 421 g/mol. The van der Waals surface area contributed by atoms with Gasteiger partial charge in [-0.25, -0.2) is 9.97 Å². The van der Waals surface area contributed by atoms with E-state index < -0.39 is 11.7 Å². The lowest BCUT2D eigenvalue weighted by molar-refractivity contribution is -0.138.